The van der Waals surface area contributed by atoms with Crippen LogP contribution in [0.4, 0.5) is 5.69 Å². The van der Waals surface area contributed by atoms with Gasteiger partial charge in [0.1, 0.15) is 5.69 Å². The molecule has 4 nitrogen and oxygen atoms in total. The van der Waals surface area contributed by atoms with Gasteiger partial charge in [0.2, 0.25) is 0 Å². The molecule has 0 bridgehead atoms. The van der Waals surface area contributed by atoms with Crippen LogP contribution in [0.1, 0.15) is 16.8 Å². The van der Waals surface area contributed by atoms with Gasteiger partial charge in [-0.1, -0.05) is 27.5 Å². The molecule has 20 heavy (non-hydrogen) atoms. The van der Waals surface area contributed by atoms with E-state index < -0.39 is 0 Å². The molecule has 2 heterocycles. The molecule has 0 unspecified atom stereocenters. The fourth-order valence-electron chi connectivity index (χ4n) is 2.29. The van der Waals surface area contributed by atoms with Gasteiger partial charge in [0.25, 0.3) is 5.91 Å². The molecule has 0 radical (unpaired) electrons. The number of rotatable bonds is 1. The van der Waals surface area contributed by atoms with Crippen LogP contribution < -0.4 is 5.32 Å². The first-order valence-electron chi connectivity index (χ1n) is 5.99. The minimum absolute atomic E-state index is 0.136. The Bertz CT molecular complexity index is 764. The summed E-state index contributed by atoms with van der Waals surface area (Å²) in [5.74, 6) is -0.136. The van der Waals surface area contributed by atoms with Gasteiger partial charge < -0.3 is 5.32 Å². The molecule has 0 saturated carbocycles. The Labute approximate surface area is 129 Å². The van der Waals surface area contributed by atoms with Gasteiger partial charge in [0, 0.05) is 29.0 Å². The Hall–Kier alpha value is -1.59. The molecule has 102 valence electrons. The topological polar surface area (TPSA) is 46.9 Å². The zero-order chi connectivity index (χ0) is 14.4. The van der Waals surface area contributed by atoms with Crippen molar-refractivity contribution < 1.29 is 4.79 Å². The van der Waals surface area contributed by atoms with Crippen LogP contribution in [0.5, 0.6) is 0 Å². The number of benzene rings is 1. The Balaban J connectivity index is 2.20. The van der Waals surface area contributed by atoms with E-state index in [0.29, 0.717) is 16.3 Å². The lowest BCUT2D eigenvalue weighted by Crippen LogP contribution is -2.03. The molecule has 0 saturated heterocycles. The molecule has 1 N–H and O–H groups in total. The molecule has 0 spiro atoms. The molecule has 3 rings (SSSR count). The van der Waals surface area contributed by atoms with Crippen molar-refractivity contribution in [2.24, 2.45) is 7.05 Å². The number of hydrogen-bond donors (Lipinski definition) is 1. The Morgan fingerprint density at radius 1 is 1.45 bits per heavy atom. The zero-order valence-corrected chi connectivity index (χ0v) is 13.2. The van der Waals surface area contributed by atoms with Gasteiger partial charge >= 0.3 is 0 Å². The maximum atomic E-state index is 12.1. The minimum atomic E-state index is -0.136. The predicted octanol–water partition coefficient (Wildman–Crippen LogP) is 3.64. The number of halogens is 2. The van der Waals surface area contributed by atoms with E-state index in [9.17, 15) is 4.79 Å². The summed E-state index contributed by atoms with van der Waals surface area (Å²) in [7, 11) is 1.79. The summed E-state index contributed by atoms with van der Waals surface area (Å²) >= 11 is 9.59. The highest BCUT2D eigenvalue weighted by Crippen LogP contribution is 2.38. The zero-order valence-electron chi connectivity index (χ0n) is 10.9. The summed E-state index contributed by atoms with van der Waals surface area (Å²) in [6, 6.07) is 3.80. The summed E-state index contributed by atoms with van der Waals surface area (Å²) in [5.41, 5.74) is 3.89. The van der Waals surface area contributed by atoms with Crippen molar-refractivity contribution in [1.29, 1.82) is 0 Å². The fourth-order valence-corrected chi connectivity index (χ4v) is 2.85. The van der Waals surface area contributed by atoms with E-state index in [1.54, 1.807) is 24.0 Å². The average Bonchev–Trinajstić information content (AvgIpc) is 2.86. The summed E-state index contributed by atoms with van der Waals surface area (Å²) in [5, 5.41) is 7.63. The van der Waals surface area contributed by atoms with E-state index in [-0.39, 0.29) is 5.91 Å². The van der Waals surface area contributed by atoms with Gasteiger partial charge in [-0.3, -0.25) is 9.48 Å². The Morgan fingerprint density at radius 2 is 2.20 bits per heavy atom. The van der Waals surface area contributed by atoms with E-state index in [1.165, 1.54) is 0 Å². The highest BCUT2D eigenvalue weighted by Gasteiger charge is 2.27. The number of aryl methyl sites for hydroxylation is 1. The monoisotopic (exact) mass is 351 g/mol. The maximum absolute atomic E-state index is 12.1. The van der Waals surface area contributed by atoms with Crippen LogP contribution >= 0.6 is 27.5 Å². The molecule has 2 aromatic rings. The number of aromatic nitrogens is 2. The first kappa shape index (κ1) is 13.4. The van der Waals surface area contributed by atoms with Gasteiger partial charge in [0.15, 0.2) is 0 Å². The Morgan fingerprint density at radius 3 is 2.85 bits per heavy atom. The number of hydrogen-bond acceptors (Lipinski definition) is 2. The van der Waals surface area contributed by atoms with Crippen LogP contribution in [-0.4, -0.2) is 15.7 Å². The van der Waals surface area contributed by atoms with Crippen LogP contribution in [0.2, 0.25) is 5.02 Å². The number of fused-ring (bicyclic) bond motifs is 1. The van der Waals surface area contributed by atoms with E-state index in [4.69, 9.17) is 11.6 Å². The molecule has 1 aromatic heterocycles. The lowest BCUT2D eigenvalue weighted by Gasteiger charge is -2.05. The number of nitrogens with one attached hydrogen (secondary N) is 1. The molecule has 1 amide bonds. The Kier molecular flexibility index (Phi) is 3.18. The van der Waals surface area contributed by atoms with Gasteiger partial charge in [-0.05, 0) is 30.7 Å². The van der Waals surface area contributed by atoms with Crippen molar-refractivity contribution in [3.63, 3.8) is 0 Å². The van der Waals surface area contributed by atoms with Gasteiger partial charge in [-0.2, -0.15) is 5.10 Å². The summed E-state index contributed by atoms with van der Waals surface area (Å²) in [6.07, 6.45) is 3.43. The highest BCUT2D eigenvalue weighted by atomic mass is 79.9. The fraction of sp³-hybridized carbons (Fsp3) is 0.143. The number of carbonyl (C=O) groups excluding carboxylic acids is 1. The molecule has 1 aromatic carbocycles. The standard InChI is InChI=1S/C14H11BrClN3O/c1-7-9(15)3-4-11-13(7)8(14(20)17-11)5-12-10(16)6-19(2)18-12/h3-6H,1-2H3,(H,17,20). The van der Waals surface area contributed by atoms with E-state index in [2.05, 4.69) is 26.3 Å². The van der Waals surface area contributed by atoms with Crippen molar-refractivity contribution in [3.8, 4) is 0 Å². The first-order valence-corrected chi connectivity index (χ1v) is 7.16. The predicted molar refractivity (Wildman–Crippen MR) is 83.6 cm³/mol. The van der Waals surface area contributed by atoms with Gasteiger partial charge in [0.05, 0.1) is 10.6 Å². The second-order valence-electron chi connectivity index (χ2n) is 4.64. The molecule has 6 heteroatoms. The third-order valence-electron chi connectivity index (χ3n) is 3.25. The van der Waals surface area contributed by atoms with E-state index in [0.717, 1.165) is 21.3 Å². The number of amides is 1. The second-order valence-corrected chi connectivity index (χ2v) is 5.90. The molecule has 0 aliphatic carbocycles. The molecule has 0 fully saturated rings. The molecular weight excluding hydrogens is 342 g/mol. The molecule has 0 atom stereocenters. The minimum Gasteiger partial charge on any atom is -0.321 e. The smallest absolute Gasteiger partial charge is 0.256 e. The lowest BCUT2D eigenvalue weighted by molar-refractivity contribution is -0.110. The van der Waals surface area contributed by atoms with Crippen LogP contribution in [0.15, 0.2) is 22.8 Å². The van der Waals surface area contributed by atoms with Crippen molar-refractivity contribution >= 4 is 50.8 Å². The largest absolute Gasteiger partial charge is 0.321 e. The van der Waals surface area contributed by atoms with E-state index >= 15 is 0 Å². The van der Waals surface area contributed by atoms with Gasteiger partial charge in [-0.15, -0.1) is 0 Å². The number of nitrogens with zero attached hydrogens (tertiary/aromatic N) is 2. The third-order valence-corrected chi connectivity index (χ3v) is 4.40. The van der Waals surface area contributed by atoms with Crippen LogP contribution in [0.25, 0.3) is 11.6 Å². The highest BCUT2D eigenvalue weighted by molar-refractivity contribution is 9.10. The van der Waals surface area contributed by atoms with Gasteiger partial charge in [-0.25, -0.2) is 0 Å². The summed E-state index contributed by atoms with van der Waals surface area (Å²) < 4.78 is 2.58. The second kappa shape index (κ2) is 4.75. The summed E-state index contributed by atoms with van der Waals surface area (Å²) in [4.78, 5) is 12.1. The van der Waals surface area contributed by atoms with Crippen LogP contribution in [-0.2, 0) is 11.8 Å². The van der Waals surface area contributed by atoms with Crippen molar-refractivity contribution in [1.82, 2.24) is 9.78 Å². The van der Waals surface area contributed by atoms with Crippen LogP contribution in [0.3, 0.4) is 0 Å². The SMILES string of the molecule is Cc1c(Br)ccc2c1C(=Cc1nn(C)cc1Cl)C(=O)N2. The number of carbonyl (C=O) groups is 1. The van der Waals surface area contributed by atoms with Crippen LogP contribution in [0, 0.1) is 6.92 Å². The normalized spacial score (nSPS) is 15.6. The summed E-state index contributed by atoms with van der Waals surface area (Å²) in [6.45, 7) is 1.97. The molecule has 1 aliphatic heterocycles. The third kappa shape index (κ3) is 2.07. The van der Waals surface area contributed by atoms with Crippen molar-refractivity contribution in [2.45, 2.75) is 6.92 Å². The average molecular weight is 353 g/mol. The lowest BCUT2D eigenvalue weighted by atomic mass is 10.0. The molecule has 1 aliphatic rings. The molecular formula is C14H11BrClN3O. The van der Waals surface area contributed by atoms with E-state index in [1.807, 2.05) is 19.1 Å². The number of anilines is 1. The van der Waals surface area contributed by atoms with Crippen molar-refractivity contribution in [3.05, 3.63) is 44.6 Å². The quantitative estimate of drug-likeness (QED) is 0.797. The first-order chi connectivity index (χ1) is 9.47. The maximum Gasteiger partial charge on any atom is 0.256 e. The van der Waals surface area contributed by atoms with Crippen molar-refractivity contribution in [2.75, 3.05) is 5.32 Å².